The van der Waals surface area contributed by atoms with E-state index in [1.165, 1.54) is 32.1 Å². The monoisotopic (exact) mass is 261 g/mol. The smallest absolute Gasteiger partial charge is 0.0713 e. The molecule has 0 N–H and O–H groups in total. The zero-order valence-electron chi connectivity index (χ0n) is 8.92. The average Bonchev–Trinajstić information content (AvgIpc) is 2.85. The van der Waals surface area contributed by atoms with Gasteiger partial charge in [-0.25, -0.2) is 0 Å². The molecule has 1 aliphatic carbocycles. The van der Waals surface area contributed by atoms with Crippen molar-refractivity contribution < 1.29 is 4.74 Å². The molecule has 0 radical (unpaired) electrons. The maximum Gasteiger partial charge on any atom is 0.0713 e. The first-order valence-electron chi connectivity index (χ1n) is 5.69. The number of halogens is 1. The van der Waals surface area contributed by atoms with Gasteiger partial charge < -0.3 is 4.74 Å². The summed E-state index contributed by atoms with van der Waals surface area (Å²) in [7, 11) is 1.84. The van der Waals surface area contributed by atoms with Gasteiger partial charge in [-0.15, -0.1) is 0 Å². The summed E-state index contributed by atoms with van der Waals surface area (Å²) in [5, 5.41) is 1.10. The minimum atomic E-state index is 0.471. The van der Waals surface area contributed by atoms with Gasteiger partial charge in [-0.2, -0.15) is 0 Å². The molecule has 2 aliphatic rings. The van der Waals surface area contributed by atoms with Crippen LogP contribution in [0.3, 0.4) is 0 Å². The van der Waals surface area contributed by atoms with Crippen molar-refractivity contribution in [2.45, 2.75) is 50.3 Å². The standard InChI is InChI=1S/C11H20BrNO/c1-14-11-6-10(7-12)13(8-11)9-4-2-3-5-9/h9-11H,2-8H2,1H3. The average molecular weight is 262 g/mol. The minimum Gasteiger partial charge on any atom is -0.380 e. The van der Waals surface area contributed by atoms with Crippen LogP contribution in [0, 0.1) is 0 Å². The highest BCUT2D eigenvalue weighted by Gasteiger charge is 2.36. The van der Waals surface area contributed by atoms with E-state index >= 15 is 0 Å². The molecular formula is C11H20BrNO. The van der Waals surface area contributed by atoms with Gasteiger partial charge in [-0.05, 0) is 19.3 Å². The Morgan fingerprint density at radius 1 is 1.36 bits per heavy atom. The third-order valence-corrected chi connectivity index (χ3v) is 4.47. The Bertz CT molecular complexity index is 182. The molecule has 0 aromatic rings. The van der Waals surface area contributed by atoms with Crippen molar-refractivity contribution in [1.29, 1.82) is 0 Å². The number of likely N-dealkylation sites (tertiary alicyclic amines) is 1. The molecule has 2 nitrogen and oxygen atoms in total. The van der Waals surface area contributed by atoms with Crippen LogP contribution in [0.15, 0.2) is 0 Å². The summed E-state index contributed by atoms with van der Waals surface area (Å²) in [6.45, 7) is 1.15. The maximum atomic E-state index is 5.47. The molecule has 0 amide bonds. The van der Waals surface area contributed by atoms with Crippen LogP contribution in [0.2, 0.25) is 0 Å². The van der Waals surface area contributed by atoms with Crippen molar-refractivity contribution in [2.24, 2.45) is 0 Å². The Morgan fingerprint density at radius 3 is 2.64 bits per heavy atom. The van der Waals surface area contributed by atoms with Gasteiger partial charge in [0.25, 0.3) is 0 Å². The molecule has 2 atom stereocenters. The molecule has 14 heavy (non-hydrogen) atoms. The summed E-state index contributed by atoms with van der Waals surface area (Å²) in [5.74, 6) is 0. The first kappa shape index (κ1) is 10.9. The van der Waals surface area contributed by atoms with E-state index in [1.54, 1.807) is 0 Å². The summed E-state index contributed by atoms with van der Waals surface area (Å²) in [6, 6.07) is 1.56. The fourth-order valence-corrected chi connectivity index (χ4v) is 3.54. The molecule has 2 unspecified atom stereocenters. The number of ether oxygens (including phenoxy) is 1. The quantitative estimate of drug-likeness (QED) is 0.724. The second-order valence-electron chi connectivity index (χ2n) is 4.54. The summed E-state index contributed by atoms with van der Waals surface area (Å²) in [4.78, 5) is 2.68. The van der Waals surface area contributed by atoms with E-state index in [0.717, 1.165) is 17.9 Å². The predicted octanol–water partition coefficient (Wildman–Crippen LogP) is 2.41. The van der Waals surface area contributed by atoms with E-state index in [2.05, 4.69) is 20.8 Å². The molecule has 1 saturated carbocycles. The molecule has 2 fully saturated rings. The molecule has 0 aromatic heterocycles. The number of hydrogen-bond donors (Lipinski definition) is 0. The molecule has 1 heterocycles. The Morgan fingerprint density at radius 2 is 2.07 bits per heavy atom. The highest BCUT2D eigenvalue weighted by molar-refractivity contribution is 9.09. The summed E-state index contributed by atoms with van der Waals surface area (Å²) < 4.78 is 5.47. The first-order valence-corrected chi connectivity index (χ1v) is 6.81. The van der Waals surface area contributed by atoms with Crippen molar-refractivity contribution in [1.82, 2.24) is 4.90 Å². The number of nitrogens with zero attached hydrogens (tertiary/aromatic N) is 1. The number of rotatable bonds is 3. The normalized spacial score (nSPS) is 35.6. The predicted molar refractivity (Wildman–Crippen MR) is 62.0 cm³/mol. The summed E-state index contributed by atoms with van der Waals surface area (Å²) in [5.41, 5.74) is 0. The van der Waals surface area contributed by atoms with E-state index < -0.39 is 0 Å². The fourth-order valence-electron chi connectivity index (χ4n) is 2.90. The molecule has 0 bridgehead atoms. The summed E-state index contributed by atoms with van der Waals surface area (Å²) in [6.07, 6.45) is 7.33. The second kappa shape index (κ2) is 4.95. The Hall–Kier alpha value is 0.400. The molecule has 0 spiro atoms. The van der Waals surface area contributed by atoms with Crippen LogP contribution >= 0.6 is 15.9 Å². The topological polar surface area (TPSA) is 12.5 Å². The third-order valence-electron chi connectivity index (χ3n) is 3.72. The highest BCUT2D eigenvalue weighted by atomic mass is 79.9. The highest BCUT2D eigenvalue weighted by Crippen LogP contribution is 2.31. The lowest BCUT2D eigenvalue weighted by Crippen LogP contribution is -2.38. The van der Waals surface area contributed by atoms with Crippen molar-refractivity contribution in [2.75, 3.05) is 19.0 Å². The van der Waals surface area contributed by atoms with Gasteiger partial charge in [0, 0.05) is 31.1 Å². The van der Waals surface area contributed by atoms with Crippen molar-refractivity contribution in [3.05, 3.63) is 0 Å². The minimum absolute atomic E-state index is 0.471. The van der Waals surface area contributed by atoms with Gasteiger partial charge in [0.1, 0.15) is 0 Å². The van der Waals surface area contributed by atoms with E-state index in [1.807, 2.05) is 7.11 Å². The van der Waals surface area contributed by atoms with Gasteiger partial charge in [-0.3, -0.25) is 4.90 Å². The lowest BCUT2D eigenvalue weighted by molar-refractivity contribution is 0.100. The van der Waals surface area contributed by atoms with Gasteiger partial charge in [0.05, 0.1) is 6.10 Å². The fraction of sp³-hybridized carbons (Fsp3) is 1.00. The van der Waals surface area contributed by atoms with Gasteiger partial charge in [-0.1, -0.05) is 28.8 Å². The van der Waals surface area contributed by atoms with Crippen LogP contribution in [0.4, 0.5) is 0 Å². The molecular weight excluding hydrogens is 242 g/mol. The number of methoxy groups -OCH3 is 1. The van der Waals surface area contributed by atoms with Gasteiger partial charge >= 0.3 is 0 Å². The van der Waals surface area contributed by atoms with Crippen LogP contribution in [0.5, 0.6) is 0 Å². The molecule has 82 valence electrons. The first-order chi connectivity index (χ1) is 6.85. The molecule has 0 aromatic carbocycles. The largest absolute Gasteiger partial charge is 0.380 e. The van der Waals surface area contributed by atoms with E-state index in [9.17, 15) is 0 Å². The van der Waals surface area contributed by atoms with E-state index in [4.69, 9.17) is 4.74 Å². The number of hydrogen-bond acceptors (Lipinski definition) is 2. The Kier molecular flexibility index (Phi) is 3.86. The van der Waals surface area contributed by atoms with Crippen molar-refractivity contribution >= 4 is 15.9 Å². The lowest BCUT2D eigenvalue weighted by Gasteiger charge is -2.28. The molecule has 1 aliphatic heterocycles. The van der Waals surface area contributed by atoms with Crippen LogP contribution in [-0.2, 0) is 4.74 Å². The Balaban J connectivity index is 1.95. The van der Waals surface area contributed by atoms with E-state index in [-0.39, 0.29) is 0 Å². The zero-order chi connectivity index (χ0) is 9.97. The van der Waals surface area contributed by atoms with Crippen LogP contribution in [0.25, 0.3) is 0 Å². The van der Waals surface area contributed by atoms with Gasteiger partial charge in [0.15, 0.2) is 0 Å². The van der Waals surface area contributed by atoms with Crippen LogP contribution in [0.1, 0.15) is 32.1 Å². The third kappa shape index (κ3) is 2.15. The molecule has 3 heteroatoms. The van der Waals surface area contributed by atoms with Crippen molar-refractivity contribution in [3.8, 4) is 0 Å². The van der Waals surface area contributed by atoms with Gasteiger partial charge in [0.2, 0.25) is 0 Å². The molecule has 2 rings (SSSR count). The van der Waals surface area contributed by atoms with Crippen molar-refractivity contribution in [3.63, 3.8) is 0 Å². The maximum absolute atomic E-state index is 5.47. The Labute approximate surface area is 95.1 Å². The number of alkyl halides is 1. The lowest BCUT2D eigenvalue weighted by atomic mass is 10.2. The summed E-state index contributed by atoms with van der Waals surface area (Å²) >= 11 is 3.62. The molecule has 1 saturated heterocycles. The second-order valence-corrected chi connectivity index (χ2v) is 5.18. The van der Waals surface area contributed by atoms with Crippen LogP contribution < -0.4 is 0 Å². The zero-order valence-corrected chi connectivity index (χ0v) is 10.5. The van der Waals surface area contributed by atoms with E-state index in [0.29, 0.717) is 12.1 Å². The van der Waals surface area contributed by atoms with Crippen LogP contribution in [-0.4, -0.2) is 42.1 Å². The SMILES string of the molecule is COC1CC(CBr)N(C2CCCC2)C1.